The van der Waals surface area contributed by atoms with Crippen LogP contribution in [0.15, 0.2) is 24.3 Å². The summed E-state index contributed by atoms with van der Waals surface area (Å²) in [6.45, 7) is 0. The fourth-order valence-corrected chi connectivity index (χ4v) is 3.09. The molecule has 0 bridgehead atoms. The van der Waals surface area contributed by atoms with Crippen LogP contribution in [0.3, 0.4) is 0 Å². The molecule has 0 nitrogen and oxygen atoms in total. The predicted octanol–water partition coefficient (Wildman–Crippen LogP) is 4.54. The minimum Gasteiger partial charge on any atom is -0.130 e. The van der Waals surface area contributed by atoms with Gasteiger partial charge in [-0.05, 0) is 22.0 Å². The molecule has 1 aromatic carbocycles. The highest BCUT2D eigenvalue weighted by Gasteiger charge is 2.04. The van der Waals surface area contributed by atoms with Gasteiger partial charge >= 0.3 is 0 Å². The van der Waals surface area contributed by atoms with E-state index in [1.807, 2.05) is 0 Å². The molecule has 0 radical (unpaired) electrons. The van der Waals surface area contributed by atoms with Crippen molar-refractivity contribution in [3.63, 3.8) is 0 Å². The maximum absolute atomic E-state index is 3.97. The molecule has 0 aromatic heterocycles. The summed E-state index contributed by atoms with van der Waals surface area (Å²) in [4.78, 5) is 0. The lowest BCUT2D eigenvalue weighted by atomic mass is 10.1. The molecule has 0 saturated carbocycles. The van der Waals surface area contributed by atoms with Gasteiger partial charge in [0.05, 0.1) is 0 Å². The van der Waals surface area contributed by atoms with Gasteiger partial charge in [-0.3, -0.25) is 0 Å². The lowest BCUT2D eigenvalue weighted by Crippen LogP contribution is -1.92. The number of alkyl halides is 3. The fraction of sp³-hybridized carbons (Fsp3) is 0.364. The van der Waals surface area contributed by atoms with E-state index in [4.69, 9.17) is 0 Å². The normalized spacial score (nSPS) is 12.7. The Balaban J connectivity index is 2.63. The van der Waals surface area contributed by atoms with Gasteiger partial charge in [-0.15, -0.1) is 20.7 Å². The summed E-state index contributed by atoms with van der Waals surface area (Å²) in [5, 5.41) is 0. The summed E-state index contributed by atoms with van der Waals surface area (Å²) in [6.07, 6.45) is 1.22. The maximum Gasteiger partial charge on any atom is 0.0448 e. The second-order valence-electron chi connectivity index (χ2n) is 2.99. The molecule has 0 aliphatic rings. The Morgan fingerprint density at radius 2 is 1.93 bits per heavy atom. The third kappa shape index (κ3) is 4.42. The molecule has 1 aromatic rings. The quantitative estimate of drug-likeness (QED) is 0.391. The Hall–Kier alpha value is 1.28. The Morgan fingerprint density at radius 1 is 1.29 bits per heavy atom. The predicted molar refractivity (Wildman–Crippen MR) is 91.8 cm³/mol. The second-order valence-corrected chi connectivity index (χ2v) is 7.53. The van der Waals surface area contributed by atoms with E-state index in [1.165, 1.54) is 26.4 Å². The van der Waals surface area contributed by atoms with Crippen molar-refractivity contribution in [3.8, 4) is 0 Å². The SMILES string of the molecule is C=ICCc1ccc(C(I)CI)cc1. The van der Waals surface area contributed by atoms with Crippen LogP contribution in [0, 0.1) is 0 Å². The van der Waals surface area contributed by atoms with E-state index in [0.717, 1.165) is 0 Å². The number of hydrogen-bond acceptors (Lipinski definition) is 0. The first-order valence-corrected chi connectivity index (χ1v) is 10.2. The van der Waals surface area contributed by atoms with Crippen molar-refractivity contribution >= 4 is 70.4 Å². The summed E-state index contributed by atoms with van der Waals surface area (Å²) < 4.78 is 7.11. The highest BCUT2D eigenvalue weighted by molar-refractivity contribution is 14.2. The van der Waals surface area contributed by atoms with E-state index >= 15 is 0 Å². The molecular formula is C11H13I3. The van der Waals surface area contributed by atoms with Crippen LogP contribution in [-0.4, -0.2) is 13.4 Å². The van der Waals surface area contributed by atoms with E-state index in [1.54, 1.807) is 0 Å². The lowest BCUT2D eigenvalue weighted by Gasteiger charge is -2.07. The van der Waals surface area contributed by atoms with E-state index in [-0.39, 0.29) is 20.7 Å². The van der Waals surface area contributed by atoms with Crippen LogP contribution in [-0.2, 0) is 6.42 Å². The first kappa shape index (κ1) is 13.3. The molecule has 1 unspecified atom stereocenters. The van der Waals surface area contributed by atoms with Crippen LogP contribution in [0.5, 0.6) is 0 Å². The molecule has 1 atom stereocenters. The standard InChI is InChI=1S/C11H13I3/c1-14-7-6-9-2-4-10(5-3-9)11(13)8-12/h2-5,11H,1,6-8H2. The zero-order valence-corrected chi connectivity index (χ0v) is 14.3. The summed E-state index contributed by atoms with van der Waals surface area (Å²) >= 11 is 5.14. The fourth-order valence-electron chi connectivity index (χ4n) is 1.16. The van der Waals surface area contributed by atoms with Crippen molar-refractivity contribution in [2.75, 3.05) is 8.86 Å². The third-order valence-electron chi connectivity index (χ3n) is 1.99. The number of aryl methyl sites for hydroxylation is 1. The summed E-state index contributed by atoms with van der Waals surface area (Å²) in [5.41, 5.74) is 2.92. The molecule has 0 amide bonds. The van der Waals surface area contributed by atoms with Crippen LogP contribution >= 0.6 is 65.9 Å². The van der Waals surface area contributed by atoms with Gasteiger partial charge in [0.25, 0.3) is 0 Å². The first-order chi connectivity index (χ1) is 6.77. The zero-order chi connectivity index (χ0) is 10.4. The zero-order valence-electron chi connectivity index (χ0n) is 7.85. The number of halogens is 3. The van der Waals surface area contributed by atoms with Crippen LogP contribution in [0.1, 0.15) is 15.1 Å². The van der Waals surface area contributed by atoms with E-state index in [0.29, 0.717) is 3.92 Å². The van der Waals surface area contributed by atoms with Gasteiger partial charge in [0.15, 0.2) is 0 Å². The number of benzene rings is 1. The van der Waals surface area contributed by atoms with Gasteiger partial charge in [-0.25, -0.2) is 0 Å². The van der Waals surface area contributed by atoms with Crippen LogP contribution < -0.4 is 0 Å². The van der Waals surface area contributed by atoms with Crippen molar-refractivity contribution < 1.29 is 0 Å². The first-order valence-electron chi connectivity index (χ1n) is 4.39. The Morgan fingerprint density at radius 3 is 2.43 bits per heavy atom. The summed E-state index contributed by atoms with van der Waals surface area (Å²) in [5.74, 6) is 0. The van der Waals surface area contributed by atoms with Crippen LogP contribution in [0.2, 0.25) is 0 Å². The number of rotatable bonds is 5. The molecule has 0 fully saturated rings. The smallest absolute Gasteiger partial charge is 0.0448 e. The van der Waals surface area contributed by atoms with Gasteiger partial charge in [-0.1, -0.05) is 74.0 Å². The average Bonchev–Trinajstić information content (AvgIpc) is 2.26. The second kappa shape index (κ2) is 7.54. The van der Waals surface area contributed by atoms with Gasteiger partial charge in [0, 0.05) is 8.35 Å². The van der Waals surface area contributed by atoms with Crippen LogP contribution in [0.25, 0.3) is 0 Å². The summed E-state index contributed by atoms with van der Waals surface area (Å²) in [6, 6.07) is 9.08. The minimum atomic E-state index is 0.205. The topological polar surface area (TPSA) is 0 Å². The molecule has 14 heavy (non-hydrogen) atoms. The van der Waals surface area contributed by atoms with Crippen molar-refractivity contribution in [3.05, 3.63) is 35.4 Å². The largest absolute Gasteiger partial charge is 0.130 e. The highest BCUT2D eigenvalue weighted by Crippen LogP contribution is 2.25. The van der Waals surface area contributed by atoms with E-state index in [9.17, 15) is 0 Å². The molecule has 0 spiro atoms. The van der Waals surface area contributed by atoms with Crippen LogP contribution in [0.4, 0.5) is 0 Å². The van der Waals surface area contributed by atoms with Crippen molar-refractivity contribution in [2.45, 2.75) is 10.3 Å². The van der Waals surface area contributed by atoms with Gasteiger partial charge in [0.2, 0.25) is 0 Å². The average molecular weight is 526 g/mol. The summed E-state index contributed by atoms with van der Waals surface area (Å²) in [7, 11) is 0. The molecule has 0 N–H and O–H groups in total. The molecule has 1 rings (SSSR count). The van der Waals surface area contributed by atoms with Gasteiger partial charge in [-0.2, -0.15) is 0 Å². The lowest BCUT2D eigenvalue weighted by molar-refractivity contribution is 1.14. The molecule has 0 heterocycles. The van der Waals surface area contributed by atoms with Gasteiger partial charge in [0.1, 0.15) is 0 Å². The Labute approximate surface area is 123 Å². The molecule has 0 aliphatic carbocycles. The third-order valence-corrected chi connectivity index (χ3v) is 7.02. The van der Waals surface area contributed by atoms with E-state index < -0.39 is 0 Å². The molecule has 3 heteroatoms. The van der Waals surface area contributed by atoms with Crippen molar-refractivity contribution in [2.24, 2.45) is 0 Å². The Bertz CT molecular complexity index is 279. The molecule has 0 saturated heterocycles. The Kier molecular flexibility index (Phi) is 7.18. The highest BCUT2D eigenvalue weighted by atomic mass is 127. The molecule has 0 aliphatic heterocycles. The van der Waals surface area contributed by atoms with E-state index in [2.05, 4.69) is 74.0 Å². The van der Waals surface area contributed by atoms with Crippen molar-refractivity contribution in [1.82, 2.24) is 0 Å². The minimum absolute atomic E-state index is 0.205. The molecule has 78 valence electrons. The van der Waals surface area contributed by atoms with Crippen molar-refractivity contribution in [1.29, 1.82) is 0 Å². The molecular weight excluding hydrogens is 513 g/mol. The maximum atomic E-state index is 3.97. The van der Waals surface area contributed by atoms with Gasteiger partial charge < -0.3 is 0 Å². The number of hydrogen-bond donors (Lipinski definition) is 0. The monoisotopic (exact) mass is 526 g/mol.